The number of carbonyl (C=O) groups excluding carboxylic acids is 3. The van der Waals surface area contributed by atoms with E-state index in [9.17, 15) is 14.4 Å². The fourth-order valence-corrected chi connectivity index (χ4v) is 1.65. The highest BCUT2D eigenvalue weighted by atomic mass is 16.3. The summed E-state index contributed by atoms with van der Waals surface area (Å²) in [5, 5.41) is 11.3. The van der Waals surface area contributed by atoms with E-state index in [0.717, 1.165) is 0 Å². The van der Waals surface area contributed by atoms with Gasteiger partial charge in [0, 0.05) is 6.42 Å². The van der Waals surface area contributed by atoms with Gasteiger partial charge in [-0.3, -0.25) is 19.7 Å². The van der Waals surface area contributed by atoms with E-state index in [4.69, 9.17) is 5.11 Å². The summed E-state index contributed by atoms with van der Waals surface area (Å²) in [7, 11) is 0. The lowest BCUT2D eigenvalue weighted by Gasteiger charge is -2.40. The average Bonchev–Trinajstić information content (AvgIpc) is 2.20. The van der Waals surface area contributed by atoms with Crippen LogP contribution in [0.25, 0.3) is 0 Å². The van der Waals surface area contributed by atoms with E-state index < -0.39 is 23.5 Å². The molecule has 0 radical (unpaired) electrons. The third kappa shape index (κ3) is 3.03. The highest BCUT2D eigenvalue weighted by Gasteiger charge is 2.43. The highest BCUT2D eigenvalue weighted by molar-refractivity contribution is 6.06. The summed E-state index contributed by atoms with van der Waals surface area (Å²) >= 11 is 0. The van der Waals surface area contributed by atoms with E-state index in [1.54, 1.807) is 20.8 Å². The summed E-state index contributed by atoms with van der Waals surface area (Å²) < 4.78 is 0. The summed E-state index contributed by atoms with van der Waals surface area (Å²) in [6.07, 6.45) is -0.125. The van der Waals surface area contributed by atoms with Gasteiger partial charge < -0.3 is 10.0 Å². The molecule has 1 atom stereocenters. The first-order chi connectivity index (χ1) is 7.75. The molecular weight excluding hydrogens is 224 g/mol. The lowest BCUT2D eigenvalue weighted by atomic mass is 9.97. The van der Waals surface area contributed by atoms with E-state index in [1.807, 2.05) is 0 Å². The van der Waals surface area contributed by atoms with Crippen LogP contribution in [0.15, 0.2) is 0 Å². The zero-order valence-corrected chi connectivity index (χ0v) is 10.3. The Labute approximate surface area is 100.0 Å². The fraction of sp³-hybridized carbons (Fsp3) is 0.727. The molecule has 17 heavy (non-hydrogen) atoms. The van der Waals surface area contributed by atoms with Crippen molar-refractivity contribution in [3.63, 3.8) is 0 Å². The Balaban J connectivity index is 2.76. The van der Waals surface area contributed by atoms with E-state index >= 15 is 0 Å². The number of rotatable bonds is 3. The normalized spacial score (nSPS) is 21.1. The lowest BCUT2D eigenvalue weighted by molar-refractivity contribution is -0.155. The molecule has 6 nitrogen and oxygen atoms in total. The Kier molecular flexibility index (Phi) is 3.87. The molecule has 0 aliphatic carbocycles. The van der Waals surface area contributed by atoms with Gasteiger partial charge in [-0.1, -0.05) is 0 Å². The molecule has 0 bridgehead atoms. The summed E-state index contributed by atoms with van der Waals surface area (Å²) in [6.45, 7) is 4.66. The molecule has 1 fully saturated rings. The van der Waals surface area contributed by atoms with Crippen LogP contribution in [-0.4, -0.2) is 45.9 Å². The van der Waals surface area contributed by atoms with Gasteiger partial charge in [0.05, 0.1) is 6.10 Å². The highest BCUT2D eigenvalue weighted by Crippen LogP contribution is 2.19. The van der Waals surface area contributed by atoms with Crippen molar-refractivity contribution in [1.29, 1.82) is 0 Å². The molecule has 2 N–H and O–H groups in total. The quantitative estimate of drug-likeness (QED) is 0.648. The molecule has 0 spiro atoms. The van der Waals surface area contributed by atoms with Crippen LogP contribution in [0, 0.1) is 0 Å². The molecular formula is C11H18N2O4. The number of carbonyl (C=O) groups is 3. The van der Waals surface area contributed by atoms with Gasteiger partial charge in [-0.25, -0.2) is 0 Å². The second-order valence-corrected chi connectivity index (χ2v) is 4.80. The first-order valence-electron chi connectivity index (χ1n) is 5.58. The number of hydrogen-bond acceptors (Lipinski definition) is 4. The predicted octanol–water partition coefficient (Wildman–Crippen LogP) is -0.589. The topological polar surface area (TPSA) is 86.7 Å². The Morgan fingerprint density at radius 1 is 1.53 bits per heavy atom. The van der Waals surface area contributed by atoms with Gasteiger partial charge in [-0.2, -0.15) is 0 Å². The van der Waals surface area contributed by atoms with Crippen LogP contribution >= 0.6 is 0 Å². The number of nitrogens with zero attached hydrogens (tertiary/aromatic N) is 1. The number of nitrogens with one attached hydrogen (secondary N) is 1. The van der Waals surface area contributed by atoms with Crippen LogP contribution in [0.2, 0.25) is 0 Å². The van der Waals surface area contributed by atoms with Crippen molar-refractivity contribution < 1.29 is 19.5 Å². The van der Waals surface area contributed by atoms with Gasteiger partial charge in [-0.15, -0.1) is 0 Å². The van der Waals surface area contributed by atoms with Crippen molar-refractivity contribution in [1.82, 2.24) is 10.2 Å². The smallest absolute Gasteiger partial charge is 0.252 e. The number of piperazine rings is 1. The van der Waals surface area contributed by atoms with Crippen molar-refractivity contribution in [3.8, 4) is 0 Å². The van der Waals surface area contributed by atoms with Gasteiger partial charge in [-0.05, 0) is 27.2 Å². The van der Waals surface area contributed by atoms with Crippen molar-refractivity contribution in [3.05, 3.63) is 0 Å². The van der Waals surface area contributed by atoms with E-state index in [1.165, 1.54) is 4.90 Å². The van der Waals surface area contributed by atoms with Gasteiger partial charge in [0.2, 0.25) is 11.8 Å². The molecule has 6 heteroatoms. The monoisotopic (exact) mass is 242 g/mol. The second kappa shape index (κ2) is 4.83. The first kappa shape index (κ1) is 13.6. The van der Waals surface area contributed by atoms with E-state index in [2.05, 4.69) is 5.32 Å². The van der Waals surface area contributed by atoms with E-state index in [0.29, 0.717) is 6.42 Å². The molecule has 1 rings (SSSR count). The average molecular weight is 242 g/mol. The minimum Gasteiger partial charge on any atom is -0.393 e. The zero-order chi connectivity index (χ0) is 13.2. The molecule has 0 aromatic carbocycles. The van der Waals surface area contributed by atoms with Crippen LogP contribution in [-0.2, 0) is 14.4 Å². The van der Waals surface area contributed by atoms with Crippen molar-refractivity contribution in [2.24, 2.45) is 0 Å². The number of aliphatic hydroxyl groups is 1. The SMILES string of the molecule is CC(O)CCC(=O)N1CC(=O)NC(=O)C1(C)C. The predicted molar refractivity (Wildman–Crippen MR) is 59.9 cm³/mol. The third-order valence-corrected chi connectivity index (χ3v) is 2.86. The number of hydrogen-bond donors (Lipinski definition) is 2. The molecule has 0 aromatic heterocycles. The van der Waals surface area contributed by atoms with Crippen LogP contribution in [0.4, 0.5) is 0 Å². The molecule has 1 aliphatic rings. The second-order valence-electron chi connectivity index (χ2n) is 4.80. The molecule has 3 amide bonds. The van der Waals surface area contributed by atoms with Crippen LogP contribution < -0.4 is 5.32 Å². The van der Waals surface area contributed by atoms with Crippen molar-refractivity contribution in [2.75, 3.05) is 6.54 Å². The number of amides is 3. The lowest BCUT2D eigenvalue weighted by Crippen LogP contribution is -2.65. The Morgan fingerprint density at radius 2 is 2.12 bits per heavy atom. The summed E-state index contributed by atoms with van der Waals surface area (Å²) in [4.78, 5) is 36.0. The molecule has 1 unspecified atom stereocenters. The molecule has 1 heterocycles. The standard InChI is InChI=1S/C11H18N2O4/c1-7(14)4-5-9(16)13-6-8(15)12-10(17)11(13,2)3/h7,14H,4-6H2,1-3H3,(H,12,15,17). The Bertz CT molecular complexity index is 349. The maximum Gasteiger partial charge on any atom is 0.252 e. The maximum atomic E-state index is 11.9. The van der Waals surface area contributed by atoms with Crippen molar-refractivity contribution in [2.45, 2.75) is 45.3 Å². The van der Waals surface area contributed by atoms with Gasteiger partial charge in [0.1, 0.15) is 12.1 Å². The van der Waals surface area contributed by atoms with Crippen LogP contribution in [0.1, 0.15) is 33.6 Å². The number of aliphatic hydroxyl groups excluding tert-OH is 1. The molecule has 1 aliphatic heterocycles. The third-order valence-electron chi connectivity index (χ3n) is 2.86. The minimum atomic E-state index is -1.02. The summed E-state index contributed by atoms with van der Waals surface area (Å²) in [5.74, 6) is -1.24. The summed E-state index contributed by atoms with van der Waals surface area (Å²) in [6, 6.07) is 0. The Hall–Kier alpha value is -1.43. The van der Waals surface area contributed by atoms with Crippen LogP contribution in [0.3, 0.4) is 0 Å². The van der Waals surface area contributed by atoms with Gasteiger partial charge >= 0.3 is 0 Å². The largest absolute Gasteiger partial charge is 0.393 e. The minimum absolute atomic E-state index is 0.114. The number of imide groups is 1. The molecule has 96 valence electrons. The molecule has 1 saturated heterocycles. The fourth-order valence-electron chi connectivity index (χ4n) is 1.65. The first-order valence-corrected chi connectivity index (χ1v) is 5.58. The zero-order valence-electron chi connectivity index (χ0n) is 10.3. The Morgan fingerprint density at radius 3 is 2.65 bits per heavy atom. The molecule has 0 aromatic rings. The molecule has 0 saturated carbocycles. The van der Waals surface area contributed by atoms with E-state index in [-0.39, 0.29) is 18.9 Å². The van der Waals surface area contributed by atoms with Crippen LogP contribution in [0.5, 0.6) is 0 Å². The maximum absolute atomic E-state index is 11.9. The van der Waals surface area contributed by atoms with Crippen molar-refractivity contribution >= 4 is 17.7 Å². The van der Waals surface area contributed by atoms with Gasteiger partial charge in [0.15, 0.2) is 0 Å². The van der Waals surface area contributed by atoms with Gasteiger partial charge in [0.25, 0.3) is 5.91 Å². The summed E-state index contributed by atoms with van der Waals surface area (Å²) in [5.41, 5.74) is -1.02.